The molecule has 4 N–H and O–H groups in total. The van der Waals surface area contributed by atoms with Crippen LogP contribution >= 0.6 is 11.6 Å². The lowest BCUT2D eigenvalue weighted by atomic mass is 9.84. The van der Waals surface area contributed by atoms with Gasteiger partial charge in [0.2, 0.25) is 5.91 Å². The Morgan fingerprint density at radius 3 is 2.33 bits per heavy atom. The quantitative estimate of drug-likeness (QED) is 0.116. The number of anilines is 1. The lowest BCUT2D eigenvalue weighted by molar-refractivity contribution is -0.142. The van der Waals surface area contributed by atoms with E-state index in [4.69, 9.17) is 28.1 Å². The van der Waals surface area contributed by atoms with Crippen LogP contribution in [0.2, 0.25) is 5.02 Å². The van der Waals surface area contributed by atoms with E-state index in [-0.39, 0.29) is 50.7 Å². The van der Waals surface area contributed by atoms with Crippen molar-refractivity contribution in [2.45, 2.75) is 79.5 Å². The minimum Gasteiger partial charge on any atom is -0.382 e. The van der Waals surface area contributed by atoms with E-state index >= 15 is 8.78 Å². The summed E-state index contributed by atoms with van der Waals surface area (Å²) in [6.45, 7) is 2.84. The van der Waals surface area contributed by atoms with Gasteiger partial charge in [-0.25, -0.2) is 26.9 Å². The van der Waals surface area contributed by atoms with Crippen LogP contribution < -0.4 is 11.5 Å². The number of hydrogen-bond donors (Lipinski definition) is 2. The first-order chi connectivity index (χ1) is 27.0. The Kier molecular flexibility index (Phi) is 9.01. The summed E-state index contributed by atoms with van der Waals surface area (Å²) < 4.78 is 132. The number of carbonyl (C=O) groups is 1. The highest BCUT2D eigenvalue weighted by Crippen LogP contribution is 2.69. The predicted molar refractivity (Wildman–Crippen MR) is 199 cm³/mol. The summed E-state index contributed by atoms with van der Waals surface area (Å²) in [7, 11) is -2.18. The number of halogens is 8. The fraction of sp³-hybridized carbons (Fsp3) is 0.385. The standard InChI is InChI=1S/C39H33ClF7N7O3S/c1-37(2,58(56,57)21-5-6-21)11-10-20-4-7-22(23-8-9-27(40)29-31(23)53(3)52-35(29)48)30(50-20)25(14-17-12-18(41)15-19(42)13-17)32(36(49)55)54-34-28(33(51-54)39(45,46)47)24-16-26(24)38(34,43)44/h4,7-9,12-13,15,21,24-26,32H,5-6,14,16H2,1-3H3,(H2,48,52)(H2,49,55)/t24-,25+,26+,32?/m0/s1. The summed E-state index contributed by atoms with van der Waals surface area (Å²) in [4.78, 5) is 18.5. The van der Waals surface area contributed by atoms with Crippen molar-refractivity contribution in [3.63, 3.8) is 0 Å². The Labute approximate surface area is 331 Å². The third-order valence-corrected chi connectivity index (χ3v) is 14.4. The second-order valence-corrected chi connectivity index (χ2v) is 18.7. The molecular formula is C39H33ClF7N7O3S. The van der Waals surface area contributed by atoms with Crippen LogP contribution in [0.15, 0.2) is 42.5 Å². The van der Waals surface area contributed by atoms with Gasteiger partial charge in [0.15, 0.2) is 21.3 Å². The van der Waals surface area contributed by atoms with Crippen molar-refractivity contribution >= 4 is 44.1 Å². The average Bonchev–Trinajstić information content (AvgIpc) is 4.04. The van der Waals surface area contributed by atoms with Crippen LogP contribution in [0.1, 0.15) is 84.9 Å². The third kappa shape index (κ3) is 6.37. The van der Waals surface area contributed by atoms with Crippen LogP contribution in [-0.4, -0.2) is 48.9 Å². The molecule has 3 aliphatic rings. The Balaban J connectivity index is 1.43. The number of aryl methyl sites for hydroxylation is 1. The molecule has 1 unspecified atom stereocenters. The molecule has 3 aromatic heterocycles. The van der Waals surface area contributed by atoms with Crippen molar-refractivity contribution in [2.75, 3.05) is 5.73 Å². The summed E-state index contributed by atoms with van der Waals surface area (Å²) >= 11 is 6.53. The molecule has 4 atom stereocenters. The molecule has 3 heterocycles. The minimum atomic E-state index is -5.22. The molecule has 0 spiro atoms. The van der Waals surface area contributed by atoms with E-state index < -0.39 is 96.6 Å². The molecular weight excluding hydrogens is 815 g/mol. The second kappa shape index (κ2) is 13.2. The molecule has 304 valence electrons. The second-order valence-electron chi connectivity index (χ2n) is 15.5. The SMILES string of the molecule is Cn1nc(N)c2c(Cl)ccc(-c3ccc(C#CC(C)(C)S(=O)(=O)C4CC4)nc3[C@@H](Cc3cc(F)cc(F)c3)C(C(N)=O)n3nc(C(F)(F)F)c4c3C(F)(F)[C@@H]3C[C@H]43)c21. The van der Waals surface area contributed by atoms with Crippen molar-refractivity contribution in [3.8, 4) is 23.0 Å². The molecule has 8 rings (SSSR count). The monoisotopic (exact) mass is 847 g/mol. The van der Waals surface area contributed by atoms with Crippen LogP contribution in [0.3, 0.4) is 0 Å². The number of nitrogens with zero attached hydrogens (tertiary/aromatic N) is 5. The highest BCUT2D eigenvalue weighted by Gasteiger charge is 2.69. The van der Waals surface area contributed by atoms with Gasteiger partial charge in [-0.3, -0.25) is 9.48 Å². The van der Waals surface area contributed by atoms with Crippen LogP contribution in [0.25, 0.3) is 22.0 Å². The van der Waals surface area contributed by atoms with E-state index in [0.29, 0.717) is 29.1 Å². The van der Waals surface area contributed by atoms with Crippen LogP contribution in [0, 0.1) is 29.4 Å². The van der Waals surface area contributed by atoms with Gasteiger partial charge >= 0.3 is 6.18 Å². The number of primary amides is 1. The van der Waals surface area contributed by atoms with E-state index in [9.17, 15) is 35.2 Å². The number of sulfone groups is 1. The minimum absolute atomic E-state index is 0.0230. The fourth-order valence-electron chi connectivity index (χ4n) is 8.22. The van der Waals surface area contributed by atoms with Gasteiger partial charge in [0.1, 0.15) is 33.8 Å². The first-order valence-corrected chi connectivity index (χ1v) is 20.0. The molecule has 2 fully saturated rings. The number of nitrogen functional groups attached to an aromatic ring is 1. The van der Waals surface area contributed by atoms with Crippen molar-refractivity contribution in [3.05, 3.63) is 93.0 Å². The maximum absolute atomic E-state index is 16.1. The maximum Gasteiger partial charge on any atom is 0.435 e. The molecule has 19 heteroatoms. The first-order valence-electron chi connectivity index (χ1n) is 18.0. The number of aromatic nitrogens is 5. The summed E-state index contributed by atoms with van der Waals surface area (Å²) in [5.41, 5.74) is 8.99. The molecule has 2 saturated carbocycles. The van der Waals surface area contributed by atoms with E-state index in [2.05, 4.69) is 22.0 Å². The number of rotatable bonds is 9. The summed E-state index contributed by atoms with van der Waals surface area (Å²) in [6.07, 6.45) is -5.11. The molecule has 2 aromatic carbocycles. The van der Waals surface area contributed by atoms with E-state index in [1.165, 1.54) is 42.8 Å². The van der Waals surface area contributed by atoms with Gasteiger partial charge < -0.3 is 11.5 Å². The van der Waals surface area contributed by atoms with E-state index in [0.717, 1.165) is 12.1 Å². The predicted octanol–water partition coefficient (Wildman–Crippen LogP) is 7.33. The number of carbonyl (C=O) groups excluding carboxylic acids is 1. The largest absolute Gasteiger partial charge is 0.435 e. The summed E-state index contributed by atoms with van der Waals surface area (Å²) in [5, 5.41) is 7.81. The zero-order valence-corrected chi connectivity index (χ0v) is 32.4. The van der Waals surface area contributed by atoms with Gasteiger partial charge in [0.25, 0.3) is 5.92 Å². The van der Waals surface area contributed by atoms with Gasteiger partial charge in [-0.15, -0.1) is 0 Å². The summed E-state index contributed by atoms with van der Waals surface area (Å²) in [6, 6.07) is 6.10. The van der Waals surface area contributed by atoms with Crippen molar-refractivity contribution in [1.82, 2.24) is 24.5 Å². The summed E-state index contributed by atoms with van der Waals surface area (Å²) in [5.74, 6) is -6.18. The highest BCUT2D eigenvalue weighted by atomic mass is 35.5. The maximum atomic E-state index is 16.1. The number of amides is 1. The molecule has 10 nitrogen and oxygen atoms in total. The molecule has 0 saturated heterocycles. The van der Waals surface area contributed by atoms with Gasteiger partial charge in [0.05, 0.1) is 26.9 Å². The zero-order valence-electron chi connectivity index (χ0n) is 30.8. The third-order valence-electron chi connectivity index (χ3n) is 11.2. The highest BCUT2D eigenvalue weighted by molar-refractivity contribution is 7.93. The molecule has 0 bridgehead atoms. The number of hydrogen-bond acceptors (Lipinski definition) is 7. The fourth-order valence-corrected chi connectivity index (χ4v) is 10.3. The van der Waals surface area contributed by atoms with Gasteiger partial charge in [0, 0.05) is 41.6 Å². The zero-order chi connectivity index (χ0) is 42.0. The smallest absolute Gasteiger partial charge is 0.382 e. The number of alkyl halides is 5. The average molecular weight is 848 g/mol. The molecule has 5 aromatic rings. The van der Waals surface area contributed by atoms with E-state index in [1.54, 1.807) is 7.05 Å². The van der Waals surface area contributed by atoms with Crippen LogP contribution in [0.4, 0.5) is 36.6 Å². The molecule has 0 radical (unpaired) electrons. The molecule has 0 aliphatic heterocycles. The Hall–Kier alpha value is -5.15. The number of fused-ring (bicyclic) bond motifs is 4. The van der Waals surface area contributed by atoms with E-state index in [1.807, 2.05) is 0 Å². The van der Waals surface area contributed by atoms with Gasteiger partial charge in [-0.1, -0.05) is 23.6 Å². The Morgan fingerprint density at radius 2 is 1.71 bits per heavy atom. The van der Waals surface area contributed by atoms with Crippen molar-refractivity contribution in [1.29, 1.82) is 0 Å². The van der Waals surface area contributed by atoms with Gasteiger partial charge in [-0.05, 0) is 87.3 Å². The normalized spacial score (nSPS) is 19.6. The molecule has 58 heavy (non-hydrogen) atoms. The van der Waals surface area contributed by atoms with Gasteiger partial charge in [-0.2, -0.15) is 32.1 Å². The van der Waals surface area contributed by atoms with Crippen molar-refractivity contribution in [2.24, 2.45) is 18.7 Å². The number of pyridine rings is 1. The first kappa shape index (κ1) is 39.7. The Morgan fingerprint density at radius 1 is 1.05 bits per heavy atom. The van der Waals surface area contributed by atoms with Crippen LogP contribution in [-0.2, 0) is 40.2 Å². The number of benzene rings is 2. The molecule has 1 amide bonds. The lowest BCUT2D eigenvalue weighted by Gasteiger charge is -2.29. The van der Waals surface area contributed by atoms with Crippen molar-refractivity contribution < 1.29 is 43.9 Å². The molecule has 3 aliphatic carbocycles. The lowest BCUT2D eigenvalue weighted by Crippen LogP contribution is -2.37. The number of nitrogens with two attached hydrogens (primary N) is 2. The Bertz CT molecular complexity index is 2730. The topological polar surface area (TPSA) is 152 Å². The van der Waals surface area contributed by atoms with Crippen LogP contribution in [0.5, 0.6) is 0 Å².